The third-order valence-corrected chi connectivity index (χ3v) is 7.04. The summed E-state index contributed by atoms with van der Waals surface area (Å²) in [6, 6.07) is 14.8. The molecule has 0 spiro atoms. The molecule has 1 amide bonds. The van der Waals surface area contributed by atoms with E-state index in [-0.39, 0.29) is 18.5 Å². The van der Waals surface area contributed by atoms with E-state index in [0.717, 1.165) is 29.2 Å². The lowest BCUT2D eigenvalue weighted by atomic mass is 9.99. The molecule has 3 rings (SSSR count). The summed E-state index contributed by atoms with van der Waals surface area (Å²) in [5, 5.41) is 2.93. The van der Waals surface area contributed by atoms with Crippen molar-refractivity contribution >= 4 is 27.3 Å². The second-order valence-electron chi connectivity index (χ2n) is 8.74. The van der Waals surface area contributed by atoms with Crippen molar-refractivity contribution < 1.29 is 17.9 Å². The SMILES string of the molecule is CCOc1ccccc1N(CC(=O)NC(C)c1ccc(N2CCCC(C)C2)cc1)S(C)(=O)=O. The fraction of sp³-hybridized carbons (Fsp3) is 0.480. The molecule has 2 unspecified atom stereocenters. The van der Waals surface area contributed by atoms with Crippen LogP contribution >= 0.6 is 0 Å². The molecule has 2 aromatic rings. The standard InChI is InChI=1S/C25H35N3O4S/c1-5-32-24-11-7-6-10-23(24)28(33(4,30)31)18-25(29)26-20(3)21-12-14-22(15-13-21)27-16-8-9-19(2)17-27/h6-7,10-15,19-20H,5,8-9,16-18H2,1-4H3,(H,26,29). The molecular weight excluding hydrogens is 438 g/mol. The molecule has 1 fully saturated rings. The van der Waals surface area contributed by atoms with Gasteiger partial charge < -0.3 is 15.0 Å². The number of para-hydroxylation sites is 2. The zero-order valence-corrected chi connectivity index (χ0v) is 20.8. The molecule has 33 heavy (non-hydrogen) atoms. The molecule has 1 aliphatic rings. The van der Waals surface area contributed by atoms with Gasteiger partial charge in [-0.25, -0.2) is 8.42 Å². The van der Waals surface area contributed by atoms with Crippen molar-refractivity contribution in [3.8, 4) is 5.75 Å². The molecule has 2 atom stereocenters. The summed E-state index contributed by atoms with van der Waals surface area (Å²) < 4.78 is 31.6. The molecule has 1 N–H and O–H groups in total. The lowest BCUT2D eigenvalue weighted by Crippen LogP contribution is -2.41. The highest BCUT2D eigenvalue weighted by Gasteiger charge is 2.25. The van der Waals surface area contributed by atoms with Crippen LogP contribution in [-0.4, -0.2) is 46.8 Å². The first kappa shape index (κ1) is 24.9. The molecule has 7 nitrogen and oxygen atoms in total. The molecular formula is C25H35N3O4S. The van der Waals surface area contributed by atoms with E-state index in [1.54, 1.807) is 24.3 Å². The highest BCUT2D eigenvalue weighted by atomic mass is 32.2. The first-order chi connectivity index (χ1) is 15.7. The van der Waals surface area contributed by atoms with E-state index in [1.807, 2.05) is 26.0 Å². The normalized spacial score (nSPS) is 17.3. The molecule has 0 radical (unpaired) electrons. The molecule has 180 valence electrons. The van der Waals surface area contributed by atoms with Crippen LogP contribution in [0.4, 0.5) is 11.4 Å². The number of anilines is 2. The molecule has 0 bridgehead atoms. The fourth-order valence-corrected chi connectivity index (χ4v) is 5.08. The van der Waals surface area contributed by atoms with Gasteiger partial charge in [0.1, 0.15) is 12.3 Å². The Balaban J connectivity index is 1.68. The monoisotopic (exact) mass is 473 g/mol. The largest absolute Gasteiger partial charge is 0.492 e. The second kappa shape index (κ2) is 10.9. The highest BCUT2D eigenvalue weighted by molar-refractivity contribution is 7.92. The summed E-state index contributed by atoms with van der Waals surface area (Å²) >= 11 is 0. The minimum Gasteiger partial charge on any atom is -0.492 e. The van der Waals surface area contributed by atoms with Gasteiger partial charge in [0.15, 0.2) is 0 Å². The summed E-state index contributed by atoms with van der Waals surface area (Å²) in [6.45, 7) is 8.21. The van der Waals surface area contributed by atoms with Crippen LogP contribution in [0.25, 0.3) is 0 Å². The van der Waals surface area contributed by atoms with Crippen molar-refractivity contribution in [1.29, 1.82) is 0 Å². The summed E-state index contributed by atoms with van der Waals surface area (Å²) in [5.74, 6) is 0.740. The topological polar surface area (TPSA) is 79.0 Å². The summed E-state index contributed by atoms with van der Waals surface area (Å²) in [7, 11) is -3.69. The van der Waals surface area contributed by atoms with Crippen LogP contribution in [-0.2, 0) is 14.8 Å². The van der Waals surface area contributed by atoms with Crippen LogP contribution in [0.1, 0.15) is 45.2 Å². The lowest BCUT2D eigenvalue weighted by molar-refractivity contribution is -0.120. The maximum Gasteiger partial charge on any atom is 0.241 e. The maximum absolute atomic E-state index is 12.8. The second-order valence-corrected chi connectivity index (χ2v) is 10.7. The molecule has 2 aromatic carbocycles. The average molecular weight is 474 g/mol. The van der Waals surface area contributed by atoms with Crippen LogP contribution < -0.4 is 19.3 Å². The highest BCUT2D eigenvalue weighted by Crippen LogP contribution is 2.30. The third kappa shape index (κ3) is 6.63. The molecule has 1 aliphatic heterocycles. The van der Waals surface area contributed by atoms with Gasteiger partial charge in [0, 0.05) is 18.8 Å². The number of nitrogens with one attached hydrogen (secondary N) is 1. The Kier molecular flexibility index (Phi) is 8.24. The number of carbonyl (C=O) groups excluding carboxylic acids is 1. The molecule has 0 aromatic heterocycles. The number of hydrogen-bond acceptors (Lipinski definition) is 5. The van der Waals surface area contributed by atoms with E-state index < -0.39 is 10.0 Å². The number of piperidine rings is 1. The first-order valence-corrected chi connectivity index (χ1v) is 13.4. The van der Waals surface area contributed by atoms with Crippen LogP contribution in [0.2, 0.25) is 0 Å². The zero-order valence-electron chi connectivity index (χ0n) is 20.0. The maximum atomic E-state index is 12.8. The van der Waals surface area contributed by atoms with Crippen molar-refractivity contribution in [2.45, 2.75) is 39.7 Å². The number of carbonyl (C=O) groups is 1. The number of sulfonamides is 1. The van der Waals surface area contributed by atoms with Crippen molar-refractivity contribution in [1.82, 2.24) is 5.32 Å². The predicted octanol–water partition coefficient (Wildman–Crippen LogP) is 3.97. The van der Waals surface area contributed by atoms with Crippen LogP contribution in [0.15, 0.2) is 48.5 Å². The summed E-state index contributed by atoms with van der Waals surface area (Å²) in [6.07, 6.45) is 3.57. The number of nitrogens with zero attached hydrogens (tertiary/aromatic N) is 2. The van der Waals surface area contributed by atoms with Gasteiger partial charge in [-0.3, -0.25) is 9.10 Å². The third-order valence-electron chi connectivity index (χ3n) is 5.91. The zero-order chi connectivity index (χ0) is 24.0. The molecule has 1 heterocycles. The predicted molar refractivity (Wildman–Crippen MR) is 133 cm³/mol. The first-order valence-electron chi connectivity index (χ1n) is 11.5. The number of ether oxygens (including phenoxy) is 1. The number of rotatable bonds is 9. The van der Waals surface area contributed by atoms with Gasteiger partial charge >= 0.3 is 0 Å². The van der Waals surface area contributed by atoms with Crippen molar-refractivity contribution in [2.75, 3.05) is 41.7 Å². The Labute approximate surface area is 197 Å². The number of amides is 1. The smallest absolute Gasteiger partial charge is 0.241 e. The van der Waals surface area contributed by atoms with E-state index in [0.29, 0.717) is 24.0 Å². The Hall–Kier alpha value is -2.74. The Morgan fingerprint density at radius 2 is 1.91 bits per heavy atom. The van der Waals surface area contributed by atoms with Gasteiger partial charge in [0.2, 0.25) is 15.9 Å². The summed E-state index contributed by atoms with van der Waals surface area (Å²) in [5.41, 5.74) is 2.52. The van der Waals surface area contributed by atoms with Gasteiger partial charge in [0.05, 0.1) is 24.6 Å². The number of benzene rings is 2. The quantitative estimate of drug-likeness (QED) is 0.596. The van der Waals surface area contributed by atoms with E-state index in [2.05, 4.69) is 29.3 Å². The Bertz CT molecular complexity index is 1040. The minimum atomic E-state index is -3.69. The Morgan fingerprint density at radius 3 is 2.55 bits per heavy atom. The van der Waals surface area contributed by atoms with Crippen molar-refractivity contribution in [3.63, 3.8) is 0 Å². The fourth-order valence-electron chi connectivity index (χ4n) is 4.22. The molecule has 1 saturated heterocycles. The van der Waals surface area contributed by atoms with Crippen LogP contribution in [0, 0.1) is 5.92 Å². The van der Waals surface area contributed by atoms with E-state index in [9.17, 15) is 13.2 Å². The minimum absolute atomic E-state index is 0.254. The van der Waals surface area contributed by atoms with E-state index in [1.165, 1.54) is 18.5 Å². The van der Waals surface area contributed by atoms with Crippen molar-refractivity contribution in [3.05, 3.63) is 54.1 Å². The van der Waals surface area contributed by atoms with Crippen molar-refractivity contribution in [2.24, 2.45) is 5.92 Å². The lowest BCUT2D eigenvalue weighted by Gasteiger charge is -2.33. The van der Waals surface area contributed by atoms with E-state index >= 15 is 0 Å². The Morgan fingerprint density at radius 1 is 1.21 bits per heavy atom. The molecule has 0 saturated carbocycles. The van der Waals surface area contributed by atoms with E-state index in [4.69, 9.17) is 4.74 Å². The van der Waals surface area contributed by atoms with Gasteiger partial charge in [-0.05, 0) is 62.4 Å². The molecule has 0 aliphatic carbocycles. The number of hydrogen-bond donors (Lipinski definition) is 1. The van der Waals surface area contributed by atoms with Gasteiger partial charge in [0.25, 0.3) is 0 Å². The average Bonchev–Trinajstić information content (AvgIpc) is 2.77. The van der Waals surface area contributed by atoms with Gasteiger partial charge in [-0.15, -0.1) is 0 Å². The van der Waals surface area contributed by atoms with Crippen LogP contribution in [0.3, 0.4) is 0 Å². The van der Waals surface area contributed by atoms with Gasteiger partial charge in [-0.1, -0.05) is 31.2 Å². The molecule has 8 heteroatoms. The summed E-state index contributed by atoms with van der Waals surface area (Å²) in [4.78, 5) is 15.2. The van der Waals surface area contributed by atoms with Gasteiger partial charge in [-0.2, -0.15) is 0 Å². The van der Waals surface area contributed by atoms with Crippen LogP contribution in [0.5, 0.6) is 5.75 Å².